The first-order chi connectivity index (χ1) is 10.3. The van der Waals surface area contributed by atoms with Gasteiger partial charge in [0.15, 0.2) is 5.82 Å². The SMILES string of the molecule is COCCCN(CCOC)c1nc2ccccn2c1CBr. The normalized spacial score (nSPS) is 11.2. The highest BCUT2D eigenvalue weighted by Crippen LogP contribution is 2.24. The van der Waals surface area contributed by atoms with Crippen LogP contribution < -0.4 is 4.90 Å². The van der Waals surface area contributed by atoms with Gasteiger partial charge in [-0.3, -0.25) is 0 Å². The minimum atomic E-state index is 0.683. The highest BCUT2D eigenvalue weighted by molar-refractivity contribution is 9.08. The molecule has 116 valence electrons. The van der Waals surface area contributed by atoms with Crippen LogP contribution in [0.15, 0.2) is 24.4 Å². The summed E-state index contributed by atoms with van der Waals surface area (Å²) in [6.45, 7) is 3.16. The van der Waals surface area contributed by atoms with Gasteiger partial charge in [-0.1, -0.05) is 22.0 Å². The monoisotopic (exact) mass is 355 g/mol. The van der Waals surface area contributed by atoms with Gasteiger partial charge in [0.1, 0.15) is 5.65 Å². The van der Waals surface area contributed by atoms with Crippen LogP contribution in [0.1, 0.15) is 12.1 Å². The van der Waals surface area contributed by atoms with Gasteiger partial charge in [0, 0.05) is 45.4 Å². The molecular weight excluding hydrogens is 334 g/mol. The average Bonchev–Trinajstić information content (AvgIpc) is 2.89. The molecule has 6 heteroatoms. The summed E-state index contributed by atoms with van der Waals surface area (Å²) < 4.78 is 12.5. The number of methoxy groups -OCH3 is 2. The number of alkyl halides is 1. The maximum absolute atomic E-state index is 5.23. The van der Waals surface area contributed by atoms with Crippen LogP contribution in [0, 0.1) is 0 Å². The highest BCUT2D eigenvalue weighted by Gasteiger charge is 2.17. The molecule has 21 heavy (non-hydrogen) atoms. The summed E-state index contributed by atoms with van der Waals surface area (Å²) in [5.41, 5.74) is 2.13. The van der Waals surface area contributed by atoms with Gasteiger partial charge in [0.2, 0.25) is 0 Å². The first-order valence-electron chi connectivity index (χ1n) is 7.06. The molecule has 0 amide bonds. The first kappa shape index (κ1) is 16.3. The lowest BCUT2D eigenvalue weighted by molar-refractivity contribution is 0.191. The fourth-order valence-corrected chi connectivity index (χ4v) is 2.86. The molecule has 0 unspecified atom stereocenters. The number of halogens is 1. The molecule has 0 bridgehead atoms. The van der Waals surface area contributed by atoms with Crippen LogP contribution in [0.4, 0.5) is 5.82 Å². The number of anilines is 1. The minimum absolute atomic E-state index is 0.683. The van der Waals surface area contributed by atoms with E-state index in [1.165, 1.54) is 5.69 Å². The topological polar surface area (TPSA) is 39.0 Å². The molecule has 0 saturated heterocycles. The summed E-state index contributed by atoms with van der Waals surface area (Å²) in [5, 5.41) is 0.765. The van der Waals surface area contributed by atoms with E-state index in [4.69, 9.17) is 14.5 Å². The van der Waals surface area contributed by atoms with Gasteiger partial charge >= 0.3 is 0 Å². The van der Waals surface area contributed by atoms with E-state index in [0.717, 1.165) is 42.9 Å². The summed E-state index contributed by atoms with van der Waals surface area (Å²) >= 11 is 3.58. The standard InChI is InChI=1S/C15H22BrN3O2/c1-20-10-5-7-18(9-11-21-2)15-13(12-16)19-8-4-3-6-14(19)17-15/h3-4,6,8H,5,7,9-12H2,1-2H3. The lowest BCUT2D eigenvalue weighted by atomic mass is 10.3. The molecule has 0 N–H and O–H groups in total. The zero-order valence-electron chi connectivity index (χ0n) is 12.6. The largest absolute Gasteiger partial charge is 0.385 e. The molecule has 2 aromatic heterocycles. The van der Waals surface area contributed by atoms with Gasteiger partial charge in [-0.05, 0) is 18.6 Å². The van der Waals surface area contributed by atoms with E-state index in [-0.39, 0.29) is 0 Å². The van der Waals surface area contributed by atoms with E-state index in [1.807, 2.05) is 24.4 Å². The number of rotatable bonds is 9. The second-order valence-electron chi connectivity index (χ2n) is 4.77. The van der Waals surface area contributed by atoms with Crippen molar-refractivity contribution >= 4 is 27.4 Å². The molecule has 0 fully saturated rings. The van der Waals surface area contributed by atoms with E-state index in [9.17, 15) is 0 Å². The minimum Gasteiger partial charge on any atom is -0.385 e. The number of aromatic nitrogens is 2. The van der Waals surface area contributed by atoms with Gasteiger partial charge in [-0.2, -0.15) is 0 Å². The molecule has 2 rings (SSSR count). The van der Waals surface area contributed by atoms with Gasteiger partial charge in [0.05, 0.1) is 12.3 Å². The molecule has 0 aliphatic rings. The number of pyridine rings is 1. The maximum atomic E-state index is 5.23. The number of hydrogen-bond acceptors (Lipinski definition) is 4. The van der Waals surface area contributed by atoms with E-state index in [0.29, 0.717) is 6.61 Å². The maximum Gasteiger partial charge on any atom is 0.152 e. The van der Waals surface area contributed by atoms with Crippen molar-refractivity contribution in [3.8, 4) is 0 Å². The summed E-state index contributed by atoms with van der Waals surface area (Å²) in [6.07, 6.45) is 3.02. The van der Waals surface area contributed by atoms with Gasteiger partial charge in [-0.15, -0.1) is 0 Å². The Morgan fingerprint density at radius 1 is 1.19 bits per heavy atom. The number of hydrogen-bond donors (Lipinski definition) is 0. The van der Waals surface area contributed by atoms with Crippen LogP contribution in [-0.4, -0.2) is 49.9 Å². The number of nitrogens with zero attached hydrogens (tertiary/aromatic N) is 3. The predicted molar refractivity (Wildman–Crippen MR) is 88.4 cm³/mol. The zero-order chi connectivity index (χ0) is 15.1. The van der Waals surface area contributed by atoms with Gasteiger partial charge in [0.25, 0.3) is 0 Å². The molecule has 0 aromatic carbocycles. The molecule has 2 aromatic rings. The van der Waals surface area contributed by atoms with Crippen molar-refractivity contribution in [1.82, 2.24) is 9.38 Å². The van der Waals surface area contributed by atoms with E-state index < -0.39 is 0 Å². The summed E-state index contributed by atoms with van der Waals surface area (Å²) in [5.74, 6) is 1.02. The van der Waals surface area contributed by atoms with Crippen molar-refractivity contribution in [2.24, 2.45) is 0 Å². The first-order valence-corrected chi connectivity index (χ1v) is 8.18. The number of ether oxygens (including phenoxy) is 2. The lowest BCUT2D eigenvalue weighted by Gasteiger charge is -2.23. The Hall–Kier alpha value is -1.11. The molecule has 0 atom stereocenters. The molecule has 5 nitrogen and oxygen atoms in total. The molecule has 0 saturated carbocycles. The van der Waals surface area contributed by atoms with Crippen LogP contribution in [0.5, 0.6) is 0 Å². The van der Waals surface area contributed by atoms with E-state index >= 15 is 0 Å². The molecule has 0 aliphatic carbocycles. The Labute approximate surface area is 134 Å². The number of fused-ring (bicyclic) bond motifs is 1. The smallest absolute Gasteiger partial charge is 0.152 e. The summed E-state index contributed by atoms with van der Waals surface area (Å²) in [4.78, 5) is 7.05. The average molecular weight is 356 g/mol. The predicted octanol–water partition coefficient (Wildman–Crippen LogP) is 2.72. The number of imidazole rings is 1. The second-order valence-corrected chi connectivity index (χ2v) is 5.33. The van der Waals surface area contributed by atoms with Crippen molar-refractivity contribution in [1.29, 1.82) is 0 Å². The third kappa shape index (κ3) is 3.96. The Balaban J connectivity index is 2.28. The quantitative estimate of drug-likeness (QED) is 0.512. The molecule has 2 heterocycles. The Morgan fingerprint density at radius 2 is 2.00 bits per heavy atom. The summed E-state index contributed by atoms with van der Waals surface area (Å²) in [6, 6.07) is 6.06. The van der Waals surface area contributed by atoms with E-state index in [1.54, 1.807) is 14.2 Å². The van der Waals surface area contributed by atoms with Crippen LogP contribution in [0.3, 0.4) is 0 Å². The summed E-state index contributed by atoms with van der Waals surface area (Å²) in [7, 11) is 3.46. The highest BCUT2D eigenvalue weighted by atomic mass is 79.9. The Morgan fingerprint density at radius 3 is 2.71 bits per heavy atom. The third-order valence-electron chi connectivity index (χ3n) is 3.38. The van der Waals surface area contributed by atoms with Gasteiger partial charge < -0.3 is 18.8 Å². The molecule has 0 radical (unpaired) electrons. The van der Waals surface area contributed by atoms with Gasteiger partial charge in [-0.25, -0.2) is 4.98 Å². The zero-order valence-corrected chi connectivity index (χ0v) is 14.2. The lowest BCUT2D eigenvalue weighted by Crippen LogP contribution is -2.30. The fraction of sp³-hybridized carbons (Fsp3) is 0.533. The van der Waals surface area contributed by atoms with E-state index in [2.05, 4.69) is 25.2 Å². The third-order valence-corrected chi connectivity index (χ3v) is 3.91. The molecule has 0 aliphatic heterocycles. The molecule has 0 spiro atoms. The van der Waals surface area contributed by atoms with Crippen LogP contribution >= 0.6 is 15.9 Å². The van der Waals surface area contributed by atoms with Crippen LogP contribution in [0.25, 0.3) is 5.65 Å². The fourth-order valence-electron chi connectivity index (χ4n) is 2.34. The Kier molecular flexibility index (Phi) is 6.48. The van der Waals surface area contributed by atoms with Crippen LogP contribution in [-0.2, 0) is 14.8 Å². The van der Waals surface area contributed by atoms with Crippen molar-refractivity contribution in [3.63, 3.8) is 0 Å². The Bertz CT molecular complexity index is 559. The van der Waals surface area contributed by atoms with Crippen molar-refractivity contribution in [3.05, 3.63) is 30.1 Å². The van der Waals surface area contributed by atoms with Crippen molar-refractivity contribution in [2.45, 2.75) is 11.8 Å². The van der Waals surface area contributed by atoms with Crippen molar-refractivity contribution < 1.29 is 9.47 Å². The van der Waals surface area contributed by atoms with Crippen LogP contribution in [0.2, 0.25) is 0 Å². The molecular formula is C15H22BrN3O2. The van der Waals surface area contributed by atoms with Crippen molar-refractivity contribution in [2.75, 3.05) is 45.4 Å². The second kappa shape index (κ2) is 8.36.